The number of aryl methyl sites for hydroxylation is 2. The zero-order valence-corrected chi connectivity index (χ0v) is 16.1. The predicted octanol–water partition coefficient (Wildman–Crippen LogP) is 4.22. The summed E-state index contributed by atoms with van der Waals surface area (Å²) in [4.78, 5) is 2.22. The fourth-order valence-electron chi connectivity index (χ4n) is 3.53. The third kappa shape index (κ3) is 3.49. The molecule has 5 heteroatoms. The first kappa shape index (κ1) is 17.2. The molecule has 0 fully saturated rings. The van der Waals surface area contributed by atoms with E-state index in [1.807, 2.05) is 0 Å². The Labute approximate surface area is 160 Å². The Morgan fingerprint density at radius 2 is 1.77 bits per heavy atom. The van der Waals surface area contributed by atoms with E-state index in [1.54, 1.807) is 0 Å². The van der Waals surface area contributed by atoms with Crippen LogP contribution in [0.2, 0.25) is 0 Å². The van der Waals surface area contributed by atoms with Crippen molar-refractivity contribution in [1.82, 2.24) is 4.90 Å². The van der Waals surface area contributed by atoms with Crippen molar-refractivity contribution in [2.24, 2.45) is 0 Å². The van der Waals surface area contributed by atoms with Crippen molar-refractivity contribution < 1.29 is 9.47 Å². The minimum absolute atomic E-state index is 0.710. The average Bonchev–Trinajstić information content (AvgIpc) is 2.86. The molecule has 136 valence electrons. The zero-order valence-electron chi connectivity index (χ0n) is 15.3. The quantitative estimate of drug-likeness (QED) is 0.762. The summed E-state index contributed by atoms with van der Waals surface area (Å²) in [6.45, 7) is 7.34. The molecule has 2 aliphatic heterocycles. The lowest BCUT2D eigenvalue weighted by Gasteiger charge is -2.32. The van der Waals surface area contributed by atoms with E-state index in [-0.39, 0.29) is 0 Å². The first-order valence-electron chi connectivity index (χ1n) is 9.15. The number of nitrogens with one attached hydrogen (secondary N) is 1. The number of hydrogen-bond donors (Lipinski definition) is 1. The van der Waals surface area contributed by atoms with Gasteiger partial charge in [0.15, 0.2) is 16.6 Å². The Morgan fingerprint density at radius 1 is 1.04 bits per heavy atom. The second kappa shape index (κ2) is 7.16. The highest BCUT2D eigenvalue weighted by Gasteiger charge is 2.22. The van der Waals surface area contributed by atoms with E-state index in [0.717, 1.165) is 54.8 Å². The lowest BCUT2D eigenvalue weighted by molar-refractivity contribution is 0.297. The summed E-state index contributed by atoms with van der Waals surface area (Å²) in [7, 11) is 0. The van der Waals surface area contributed by atoms with E-state index in [4.69, 9.17) is 21.7 Å². The number of nitrogens with zero attached hydrogens (tertiary/aromatic N) is 1. The molecule has 0 bridgehead atoms. The fourth-order valence-corrected chi connectivity index (χ4v) is 3.80. The van der Waals surface area contributed by atoms with E-state index >= 15 is 0 Å². The van der Waals surface area contributed by atoms with E-state index in [0.29, 0.717) is 6.61 Å². The van der Waals surface area contributed by atoms with Gasteiger partial charge in [-0.1, -0.05) is 17.7 Å². The number of rotatable bonds is 1. The number of fused-ring (bicyclic) bond motifs is 2. The highest BCUT2D eigenvalue weighted by atomic mass is 32.1. The minimum atomic E-state index is 0.710. The van der Waals surface area contributed by atoms with Crippen LogP contribution in [0.1, 0.15) is 28.7 Å². The SMILES string of the molecule is Cc1ccc(NC(=S)N2CCc3cc4c(cc3C2)OCCCO4)c(C)c1. The number of anilines is 1. The molecule has 0 saturated carbocycles. The van der Waals surface area contributed by atoms with Gasteiger partial charge in [-0.25, -0.2) is 0 Å². The van der Waals surface area contributed by atoms with Crippen molar-refractivity contribution in [3.8, 4) is 11.5 Å². The number of thiocarbonyl (C=S) groups is 1. The molecule has 1 N–H and O–H groups in total. The van der Waals surface area contributed by atoms with Crippen LogP contribution >= 0.6 is 12.2 Å². The first-order valence-corrected chi connectivity index (χ1v) is 9.55. The van der Waals surface area contributed by atoms with Gasteiger partial charge in [-0.2, -0.15) is 0 Å². The third-order valence-electron chi connectivity index (χ3n) is 4.99. The van der Waals surface area contributed by atoms with E-state index in [9.17, 15) is 0 Å². The molecule has 0 amide bonds. The van der Waals surface area contributed by atoms with Crippen LogP contribution in [-0.2, 0) is 13.0 Å². The maximum Gasteiger partial charge on any atom is 0.173 e. The molecule has 0 spiro atoms. The van der Waals surface area contributed by atoms with Gasteiger partial charge < -0.3 is 19.7 Å². The van der Waals surface area contributed by atoms with Gasteiger partial charge in [-0.05, 0) is 67.4 Å². The monoisotopic (exact) mass is 368 g/mol. The first-order chi connectivity index (χ1) is 12.6. The lowest BCUT2D eigenvalue weighted by Crippen LogP contribution is -2.38. The molecule has 26 heavy (non-hydrogen) atoms. The van der Waals surface area contributed by atoms with E-state index < -0.39 is 0 Å². The summed E-state index contributed by atoms with van der Waals surface area (Å²) in [6.07, 6.45) is 1.88. The van der Waals surface area contributed by atoms with Crippen LogP contribution in [0, 0.1) is 13.8 Å². The Bertz CT molecular complexity index is 850. The van der Waals surface area contributed by atoms with Gasteiger partial charge in [0.1, 0.15) is 0 Å². The van der Waals surface area contributed by atoms with Crippen molar-refractivity contribution in [2.45, 2.75) is 33.2 Å². The summed E-state index contributed by atoms with van der Waals surface area (Å²) >= 11 is 5.68. The summed E-state index contributed by atoms with van der Waals surface area (Å²) in [5.41, 5.74) is 6.14. The summed E-state index contributed by atoms with van der Waals surface area (Å²) in [6, 6.07) is 10.6. The molecule has 0 atom stereocenters. The molecule has 4 nitrogen and oxygen atoms in total. The van der Waals surface area contributed by atoms with Gasteiger partial charge in [0.25, 0.3) is 0 Å². The summed E-state index contributed by atoms with van der Waals surface area (Å²) in [5.74, 6) is 1.74. The van der Waals surface area contributed by atoms with Gasteiger partial charge in [0, 0.05) is 25.2 Å². The van der Waals surface area contributed by atoms with Crippen LogP contribution in [0.25, 0.3) is 0 Å². The fraction of sp³-hybridized carbons (Fsp3) is 0.381. The highest BCUT2D eigenvalue weighted by Crippen LogP contribution is 2.35. The molecule has 2 aliphatic rings. The largest absolute Gasteiger partial charge is 0.490 e. The molecular formula is C21H24N2O2S. The Hall–Kier alpha value is -2.27. The third-order valence-corrected chi connectivity index (χ3v) is 5.35. The second-order valence-corrected chi connectivity index (χ2v) is 7.42. The van der Waals surface area contributed by atoms with E-state index in [1.165, 1.54) is 22.3 Å². The second-order valence-electron chi connectivity index (χ2n) is 7.04. The lowest BCUT2D eigenvalue weighted by atomic mass is 9.99. The Morgan fingerprint density at radius 3 is 2.50 bits per heavy atom. The van der Waals surface area contributed by atoms with E-state index in [2.05, 4.69) is 54.4 Å². The number of benzene rings is 2. The normalized spacial score (nSPS) is 15.8. The minimum Gasteiger partial charge on any atom is -0.490 e. The summed E-state index contributed by atoms with van der Waals surface area (Å²) < 4.78 is 11.7. The highest BCUT2D eigenvalue weighted by molar-refractivity contribution is 7.80. The molecule has 2 aromatic rings. The van der Waals surface area contributed by atoms with Crippen molar-refractivity contribution in [1.29, 1.82) is 0 Å². The zero-order chi connectivity index (χ0) is 18.1. The van der Waals surface area contributed by atoms with Crippen LogP contribution in [0.4, 0.5) is 5.69 Å². The van der Waals surface area contributed by atoms with Gasteiger partial charge in [-0.3, -0.25) is 0 Å². The standard InChI is InChI=1S/C21H24N2O2S/c1-14-4-5-18(15(2)10-14)22-21(26)23-7-6-16-11-19-20(12-17(16)13-23)25-9-3-8-24-19/h4-5,10-12H,3,6-9,13H2,1-2H3,(H,22,26). The van der Waals surface area contributed by atoms with Crippen LogP contribution in [0.3, 0.4) is 0 Å². The van der Waals surface area contributed by atoms with Crippen LogP contribution < -0.4 is 14.8 Å². The molecule has 0 radical (unpaired) electrons. The van der Waals surface area contributed by atoms with Crippen LogP contribution in [0.15, 0.2) is 30.3 Å². The van der Waals surface area contributed by atoms with Crippen molar-refractivity contribution in [3.05, 3.63) is 52.6 Å². The van der Waals surface area contributed by atoms with Crippen molar-refractivity contribution in [2.75, 3.05) is 25.1 Å². The number of ether oxygens (including phenoxy) is 2. The molecule has 0 saturated heterocycles. The molecule has 0 unspecified atom stereocenters. The molecule has 0 aliphatic carbocycles. The average molecular weight is 369 g/mol. The van der Waals surface area contributed by atoms with Gasteiger partial charge in [0.2, 0.25) is 0 Å². The molecule has 2 aromatic carbocycles. The Balaban J connectivity index is 1.50. The van der Waals surface area contributed by atoms with Crippen molar-refractivity contribution in [3.63, 3.8) is 0 Å². The smallest absolute Gasteiger partial charge is 0.173 e. The maximum absolute atomic E-state index is 5.84. The number of hydrogen-bond acceptors (Lipinski definition) is 3. The van der Waals surface area contributed by atoms with Gasteiger partial charge >= 0.3 is 0 Å². The summed E-state index contributed by atoms with van der Waals surface area (Å²) in [5, 5.41) is 4.18. The Kier molecular flexibility index (Phi) is 4.72. The molecule has 2 heterocycles. The topological polar surface area (TPSA) is 33.7 Å². The van der Waals surface area contributed by atoms with Crippen LogP contribution in [-0.4, -0.2) is 29.8 Å². The maximum atomic E-state index is 5.84. The molecule has 0 aromatic heterocycles. The molecular weight excluding hydrogens is 344 g/mol. The van der Waals surface area contributed by atoms with Gasteiger partial charge in [-0.15, -0.1) is 0 Å². The molecule has 4 rings (SSSR count). The predicted molar refractivity (Wildman–Crippen MR) is 108 cm³/mol. The van der Waals surface area contributed by atoms with Gasteiger partial charge in [0.05, 0.1) is 13.2 Å². The van der Waals surface area contributed by atoms with Crippen LogP contribution in [0.5, 0.6) is 11.5 Å². The van der Waals surface area contributed by atoms with Crippen molar-refractivity contribution >= 4 is 23.0 Å².